The van der Waals surface area contributed by atoms with Crippen LogP contribution in [-0.4, -0.2) is 16.5 Å². The number of ether oxygens (including phenoxy) is 1. The standard InChI is InChI=1S/C8H10O2/c1-6-4-3-5-7(2)8(6,9)10-7/h3-5,9H,1-2H3. The third-order valence-electron chi connectivity index (χ3n) is 2.29. The average molecular weight is 138 g/mol. The zero-order valence-electron chi connectivity index (χ0n) is 6.09. The van der Waals surface area contributed by atoms with E-state index in [2.05, 4.69) is 0 Å². The Morgan fingerprint density at radius 3 is 2.80 bits per heavy atom. The van der Waals surface area contributed by atoms with Gasteiger partial charge in [0.25, 0.3) is 0 Å². The summed E-state index contributed by atoms with van der Waals surface area (Å²) in [5, 5.41) is 9.63. The van der Waals surface area contributed by atoms with E-state index in [4.69, 9.17) is 4.74 Å². The second-order valence-corrected chi connectivity index (χ2v) is 3.06. The molecule has 2 heteroatoms. The van der Waals surface area contributed by atoms with Gasteiger partial charge in [-0.3, -0.25) is 0 Å². The van der Waals surface area contributed by atoms with E-state index in [9.17, 15) is 5.11 Å². The maximum atomic E-state index is 9.63. The fourth-order valence-electron chi connectivity index (χ4n) is 1.39. The van der Waals surface area contributed by atoms with Crippen molar-refractivity contribution in [3.8, 4) is 0 Å². The minimum atomic E-state index is -0.984. The topological polar surface area (TPSA) is 32.8 Å². The van der Waals surface area contributed by atoms with Crippen molar-refractivity contribution in [1.29, 1.82) is 0 Å². The molecule has 0 radical (unpaired) electrons. The molecule has 2 rings (SSSR count). The fraction of sp³-hybridized carbons (Fsp3) is 0.500. The zero-order valence-corrected chi connectivity index (χ0v) is 6.09. The highest BCUT2D eigenvalue weighted by molar-refractivity contribution is 5.39. The number of epoxide rings is 1. The van der Waals surface area contributed by atoms with Gasteiger partial charge in [-0.05, 0) is 25.5 Å². The van der Waals surface area contributed by atoms with Crippen molar-refractivity contribution in [2.75, 3.05) is 0 Å². The lowest BCUT2D eigenvalue weighted by Crippen LogP contribution is -2.24. The summed E-state index contributed by atoms with van der Waals surface area (Å²) < 4.78 is 5.17. The van der Waals surface area contributed by atoms with Crippen molar-refractivity contribution in [2.45, 2.75) is 25.2 Å². The molecule has 1 aliphatic heterocycles. The Hall–Kier alpha value is -0.600. The van der Waals surface area contributed by atoms with Crippen LogP contribution in [0, 0.1) is 0 Å². The lowest BCUT2D eigenvalue weighted by molar-refractivity contribution is 0.0711. The van der Waals surface area contributed by atoms with E-state index >= 15 is 0 Å². The number of hydrogen-bond acceptors (Lipinski definition) is 2. The summed E-state index contributed by atoms with van der Waals surface area (Å²) in [7, 11) is 0. The first kappa shape index (κ1) is 6.13. The highest BCUT2D eigenvalue weighted by atomic mass is 16.7. The summed E-state index contributed by atoms with van der Waals surface area (Å²) in [6.45, 7) is 3.74. The van der Waals surface area contributed by atoms with Gasteiger partial charge < -0.3 is 9.84 Å². The molecule has 0 amide bonds. The SMILES string of the molecule is CC1=CC=CC2(C)OC12O. The molecule has 54 valence electrons. The van der Waals surface area contributed by atoms with Gasteiger partial charge in [-0.15, -0.1) is 0 Å². The molecule has 0 spiro atoms. The molecular formula is C8H10O2. The molecule has 2 aliphatic rings. The van der Waals surface area contributed by atoms with Crippen molar-refractivity contribution in [2.24, 2.45) is 0 Å². The smallest absolute Gasteiger partial charge is 0.223 e. The normalized spacial score (nSPS) is 50.1. The molecule has 10 heavy (non-hydrogen) atoms. The molecule has 0 aromatic heterocycles. The van der Waals surface area contributed by atoms with Gasteiger partial charge in [0, 0.05) is 0 Å². The third kappa shape index (κ3) is 0.470. The second kappa shape index (κ2) is 1.36. The number of fused-ring (bicyclic) bond motifs is 1. The van der Waals surface area contributed by atoms with E-state index in [0.29, 0.717) is 0 Å². The summed E-state index contributed by atoms with van der Waals surface area (Å²) in [6, 6.07) is 0. The van der Waals surface area contributed by atoms with Gasteiger partial charge in [-0.25, -0.2) is 0 Å². The van der Waals surface area contributed by atoms with Gasteiger partial charge in [-0.1, -0.05) is 12.2 Å². The van der Waals surface area contributed by atoms with Crippen LogP contribution in [0.25, 0.3) is 0 Å². The van der Waals surface area contributed by atoms with Crippen LogP contribution in [0.3, 0.4) is 0 Å². The summed E-state index contributed by atoms with van der Waals surface area (Å²) >= 11 is 0. The van der Waals surface area contributed by atoms with Crippen molar-refractivity contribution < 1.29 is 9.84 Å². The van der Waals surface area contributed by atoms with Crippen LogP contribution >= 0.6 is 0 Å². The van der Waals surface area contributed by atoms with Gasteiger partial charge in [0.2, 0.25) is 5.79 Å². The minimum absolute atomic E-state index is 0.439. The van der Waals surface area contributed by atoms with Crippen LogP contribution < -0.4 is 0 Å². The summed E-state index contributed by atoms with van der Waals surface area (Å²) in [4.78, 5) is 0. The Labute approximate surface area is 59.8 Å². The monoisotopic (exact) mass is 138 g/mol. The van der Waals surface area contributed by atoms with Crippen molar-refractivity contribution in [3.63, 3.8) is 0 Å². The highest BCUT2D eigenvalue weighted by Crippen LogP contribution is 2.53. The molecule has 0 bridgehead atoms. The lowest BCUT2D eigenvalue weighted by atomic mass is 9.94. The van der Waals surface area contributed by atoms with E-state index in [1.165, 1.54) is 0 Å². The first-order chi connectivity index (χ1) is 4.58. The van der Waals surface area contributed by atoms with Gasteiger partial charge in [0.15, 0.2) is 0 Å². The van der Waals surface area contributed by atoms with E-state index in [1.807, 2.05) is 32.1 Å². The van der Waals surface area contributed by atoms with Gasteiger partial charge in [-0.2, -0.15) is 0 Å². The maximum absolute atomic E-state index is 9.63. The fourth-order valence-corrected chi connectivity index (χ4v) is 1.39. The molecule has 1 N–H and O–H groups in total. The van der Waals surface area contributed by atoms with Crippen molar-refractivity contribution in [1.82, 2.24) is 0 Å². The predicted molar refractivity (Wildman–Crippen MR) is 37.3 cm³/mol. The number of hydrogen-bond donors (Lipinski definition) is 1. The summed E-state index contributed by atoms with van der Waals surface area (Å²) in [5.74, 6) is -0.984. The molecule has 2 unspecified atom stereocenters. The summed E-state index contributed by atoms with van der Waals surface area (Å²) in [5.41, 5.74) is 0.448. The molecule has 2 atom stereocenters. The summed E-state index contributed by atoms with van der Waals surface area (Å²) in [6.07, 6.45) is 5.66. The predicted octanol–water partition coefficient (Wildman–Crippen LogP) is 0.980. The molecule has 0 aromatic carbocycles. The van der Waals surface area contributed by atoms with E-state index in [-0.39, 0.29) is 0 Å². The highest BCUT2D eigenvalue weighted by Gasteiger charge is 2.66. The van der Waals surface area contributed by atoms with Crippen LogP contribution in [0.5, 0.6) is 0 Å². The lowest BCUT2D eigenvalue weighted by Gasteiger charge is -2.11. The molecule has 1 saturated heterocycles. The Bertz CT molecular complexity index is 242. The van der Waals surface area contributed by atoms with Gasteiger partial charge in [0.1, 0.15) is 5.60 Å². The first-order valence-corrected chi connectivity index (χ1v) is 3.38. The largest absolute Gasteiger partial charge is 0.360 e. The number of allylic oxidation sites excluding steroid dienone is 2. The Morgan fingerprint density at radius 2 is 2.30 bits per heavy atom. The van der Waals surface area contributed by atoms with Crippen molar-refractivity contribution in [3.05, 3.63) is 23.8 Å². The molecule has 1 heterocycles. The molecular weight excluding hydrogens is 128 g/mol. The van der Waals surface area contributed by atoms with Crippen molar-refractivity contribution >= 4 is 0 Å². The van der Waals surface area contributed by atoms with Crippen LogP contribution in [0.15, 0.2) is 23.8 Å². The van der Waals surface area contributed by atoms with Gasteiger partial charge >= 0.3 is 0 Å². The van der Waals surface area contributed by atoms with E-state index in [0.717, 1.165) is 5.57 Å². The number of aliphatic hydroxyl groups is 1. The maximum Gasteiger partial charge on any atom is 0.223 e. The van der Waals surface area contributed by atoms with Crippen LogP contribution in [0.2, 0.25) is 0 Å². The molecule has 0 aromatic rings. The Balaban J connectivity index is 2.44. The van der Waals surface area contributed by atoms with E-state index in [1.54, 1.807) is 0 Å². The molecule has 2 nitrogen and oxygen atoms in total. The van der Waals surface area contributed by atoms with E-state index < -0.39 is 11.4 Å². The molecule has 1 aliphatic carbocycles. The average Bonchev–Trinajstić information content (AvgIpc) is 2.38. The zero-order chi connectivity index (χ0) is 7.41. The number of rotatable bonds is 0. The Morgan fingerprint density at radius 1 is 1.60 bits per heavy atom. The third-order valence-corrected chi connectivity index (χ3v) is 2.29. The molecule has 1 fully saturated rings. The van der Waals surface area contributed by atoms with Crippen LogP contribution in [-0.2, 0) is 4.74 Å². The van der Waals surface area contributed by atoms with Gasteiger partial charge in [0.05, 0.1) is 0 Å². The first-order valence-electron chi connectivity index (χ1n) is 3.38. The second-order valence-electron chi connectivity index (χ2n) is 3.06. The minimum Gasteiger partial charge on any atom is -0.360 e. The Kier molecular flexibility index (Phi) is 0.833. The van der Waals surface area contributed by atoms with Crippen LogP contribution in [0.1, 0.15) is 13.8 Å². The van der Waals surface area contributed by atoms with Crippen LogP contribution in [0.4, 0.5) is 0 Å². The quantitative estimate of drug-likeness (QED) is 0.506. The molecule has 0 saturated carbocycles.